The molecule has 2 aromatic heterocycles. The smallest absolute Gasteiger partial charge is 0.203 e. The van der Waals surface area contributed by atoms with Crippen molar-refractivity contribution in [1.82, 2.24) is 9.97 Å². The Morgan fingerprint density at radius 3 is 2.42 bits per heavy atom. The Hall–Kier alpha value is -3.28. The first-order valence-corrected chi connectivity index (χ1v) is 8.04. The van der Waals surface area contributed by atoms with Gasteiger partial charge in [0.1, 0.15) is 0 Å². The number of ether oxygens (including phenoxy) is 3. The number of nitrogens with zero attached hydrogens (tertiary/aromatic N) is 1. The van der Waals surface area contributed by atoms with Crippen molar-refractivity contribution < 1.29 is 19.0 Å². The number of aromatic nitrogens is 2. The Kier molecular flexibility index (Phi) is 4.93. The fraction of sp³-hybridized carbons (Fsp3) is 0.200. The number of rotatable bonds is 6. The zero-order valence-corrected chi connectivity index (χ0v) is 15.1. The summed E-state index contributed by atoms with van der Waals surface area (Å²) in [7, 11) is 4.56. The summed E-state index contributed by atoms with van der Waals surface area (Å²) >= 11 is 0. The van der Waals surface area contributed by atoms with E-state index >= 15 is 0 Å². The minimum atomic E-state index is -0.130. The molecule has 1 aromatic carbocycles. The third-order valence-corrected chi connectivity index (χ3v) is 4.12. The number of aromatic amines is 1. The maximum absolute atomic E-state index is 12.9. The molecule has 0 amide bonds. The molecule has 3 aromatic rings. The molecule has 0 aliphatic rings. The third-order valence-electron chi connectivity index (χ3n) is 4.12. The van der Waals surface area contributed by atoms with Gasteiger partial charge in [0, 0.05) is 23.5 Å². The van der Waals surface area contributed by atoms with Crippen LogP contribution in [0.2, 0.25) is 0 Å². The minimum Gasteiger partial charge on any atom is -0.493 e. The highest BCUT2D eigenvalue weighted by Gasteiger charge is 2.18. The number of fused-ring (bicyclic) bond motifs is 1. The van der Waals surface area contributed by atoms with Crippen LogP contribution in [0.5, 0.6) is 17.2 Å². The van der Waals surface area contributed by atoms with Crippen LogP contribution in [-0.2, 0) is 0 Å². The van der Waals surface area contributed by atoms with E-state index in [1.165, 1.54) is 21.3 Å². The highest BCUT2D eigenvalue weighted by molar-refractivity contribution is 6.12. The Morgan fingerprint density at radius 1 is 1.12 bits per heavy atom. The number of methoxy groups -OCH3 is 3. The lowest BCUT2D eigenvalue weighted by atomic mass is 10.0. The van der Waals surface area contributed by atoms with Crippen LogP contribution in [0.25, 0.3) is 17.1 Å². The van der Waals surface area contributed by atoms with Gasteiger partial charge in [-0.2, -0.15) is 0 Å². The van der Waals surface area contributed by atoms with Gasteiger partial charge < -0.3 is 19.2 Å². The third kappa shape index (κ3) is 3.13. The molecule has 0 bridgehead atoms. The average Bonchev–Trinajstić information content (AvgIpc) is 3.09. The van der Waals surface area contributed by atoms with Gasteiger partial charge in [0.15, 0.2) is 17.3 Å². The van der Waals surface area contributed by atoms with Gasteiger partial charge in [-0.3, -0.25) is 9.78 Å². The second-order valence-corrected chi connectivity index (χ2v) is 5.71. The molecule has 6 heteroatoms. The summed E-state index contributed by atoms with van der Waals surface area (Å²) < 4.78 is 15.9. The van der Waals surface area contributed by atoms with E-state index in [0.717, 1.165) is 16.6 Å². The number of H-pyrrole nitrogens is 1. The molecular formula is C20H20N2O4. The number of pyridine rings is 1. The normalized spacial score (nSPS) is 11.5. The first kappa shape index (κ1) is 17.5. The van der Waals surface area contributed by atoms with Crippen molar-refractivity contribution in [2.24, 2.45) is 0 Å². The van der Waals surface area contributed by atoms with Crippen LogP contribution in [0.4, 0.5) is 0 Å². The summed E-state index contributed by atoms with van der Waals surface area (Å²) in [6.45, 7) is 1.77. The molecule has 0 unspecified atom stereocenters. The topological polar surface area (TPSA) is 73.4 Å². The van der Waals surface area contributed by atoms with E-state index in [0.29, 0.717) is 28.4 Å². The van der Waals surface area contributed by atoms with Gasteiger partial charge in [0.05, 0.1) is 32.4 Å². The second kappa shape index (κ2) is 7.31. The van der Waals surface area contributed by atoms with E-state index in [9.17, 15) is 4.79 Å². The SMILES string of the molecule is COc1cc(C(=O)/C(C)=C/c2c[nH]c3cccnc23)cc(OC)c1OC. The number of benzene rings is 1. The number of allylic oxidation sites excluding steroid dienone is 1. The zero-order chi connectivity index (χ0) is 18.7. The van der Waals surface area contributed by atoms with E-state index in [4.69, 9.17) is 14.2 Å². The zero-order valence-electron chi connectivity index (χ0n) is 15.1. The molecule has 0 saturated carbocycles. The van der Waals surface area contributed by atoms with Gasteiger partial charge in [0.25, 0.3) is 0 Å². The number of Topliss-reactive ketones (excluding diaryl/α,β-unsaturated/α-hetero) is 1. The van der Waals surface area contributed by atoms with Crippen molar-refractivity contribution in [2.45, 2.75) is 6.92 Å². The van der Waals surface area contributed by atoms with Crippen LogP contribution in [-0.4, -0.2) is 37.1 Å². The molecule has 0 atom stereocenters. The molecule has 0 aliphatic heterocycles. The lowest BCUT2D eigenvalue weighted by Gasteiger charge is -2.13. The van der Waals surface area contributed by atoms with Gasteiger partial charge in [-0.15, -0.1) is 0 Å². The van der Waals surface area contributed by atoms with Crippen LogP contribution < -0.4 is 14.2 Å². The Labute approximate surface area is 151 Å². The number of carbonyl (C=O) groups excluding carboxylic acids is 1. The molecule has 0 aliphatic carbocycles. The molecule has 6 nitrogen and oxygen atoms in total. The highest BCUT2D eigenvalue weighted by Crippen LogP contribution is 2.38. The summed E-state index contributed by atoms with van der Waals surface area (Å²) in [6.07, 6.45) is 5.38. The molecule has 0 spiro atoms. The van der Waals surface area contributed by atoms with Crippen molar-refractivity contribution in [3.05, 3.63) is 53.4 Å². The van der Waals surface area contributed by atoms with Crippen LogP contribution >= 0.6 is 0 Å². The first-order chi connectivity index (χ1) is 12.6. The van der Waals surface area contributed by atoms with Gasteiger partial charge in [-0.25, -0.2) is 0 Å². The van der Waals surface area contributed by atoms with Gasteiger partial charge in [-0.05, 0) is 42.8 Å². The summed E-state index contributed by atoms with van der Waals surface area (Å²) in [6, 6.07) is 7.10. The number of hydrogen-bond donors (Lipinski definition) is 1. The predicted molar refractivity (Wildman–Crippen MR) is 100 cm³/mol. The van der Waals surface area contributed by atoms with E-state index < -0.39 is 0 Å². The van der Waals surface area contributed by atoms with E-state index in [1.54, 1.807) is 25.3 Å². The largest absolute Gasteiger partial charge is 0.493 e. The fourth-order valence-electron chi connectivity index (χ4n) is 2.82. The standard InChI is InChI=1S/C20H20N2O4/c1-12(8-14-11-22-15-6-5-7-21-18(14)15)19(23)13-9-16(24-2)20(26-4)17(10-13)25-3/h5-11,22H,1-4H3/b12-8+. The second-order valence-electron chi connectivity index (χ2n) is 5.71. The van der Waals surface area contributed by atoms with Crippen LogP contribution in [0.15, 0.2) is 42.2 Å². The van der Waals surface area contributed by atoms with Gasteiger partial charge in [0.2, 0.25) is 5.75 Å². The maximum Gasteiger partial charge on any atom is 0.203 e. The van der Waals surface area contributed by atoms with Crippen LogP contribution in [0, 0.1) is 0 Å². The number of ketones is 1. The van der Waals surface area contributed by atoms with E-state index in [2.05, 4.69) is 9.97 Å². The van der Waals surface area contributed by atoms with Crippen molar-refractivity contribution >= 4 is 22.9 Å². The van der Waals surface area contributed by atoms with Crippen molar-refractivity contribution in [1.29, 1.82) is 0 Å². The lowest BCUT2D eigenvalue weighted by Crippen LogP contribution is -2.04. The molecule has 0 fully saturated rings. The average molecular weight is 352 g/mol. The molecule has 1 N–H and O–H groups in total. The summed E-state index contributed by atoms with van der Waals surface area (Å²) in [5.41, 5.74) is 3.64. The van der Waals surface area contributed by atoms with E-state index in [1.807, 2.05) is 24.4 Å². The Balaban J connectivity index is 2.00. The summed E-state index contributed by atoms with van der Waals surface area (Å²) in [5.74, 6) is 1.21. The van der Waals surface area contributed by atoms with Crippen molar-refractivity contribution in [3.8, 4) is 17.2 Å². The van der Waals surface area contributed by atoms with Crippen molar-refractivity contribution in [2.75, 3.05) is 21.3 Å². The summed E-state index contributed by atoms with van der Waals surface area (Å²) in [4.78, 5) is 20.4. The molecule has 2 heterocycles. The quantitative estimate of drug-likeness (QED) is 0.538. The number of nitrogens with one attached hydrogen (secondary N) is 1. The lowest BCUT2D eigenvalue weighted by molar-refractivity contribution is 0.103. The number of carbonyl (C=O) groups is 1. The van der Waals surface area contributed by atoms with Crippen molar-refractivity contribution in [3.63, 3.8) is 0 Å². The van der Waals surface area contributed by atoms with Crippen LogP contribution in [0.3, 0.4) is 0 Å². The monoisotopic (exact) mass is 352 g/mol. The van der Waals surface area contributed by atoms with E-state index in [-0.39, 0.29) is 5.78 Å². The first-order valence-electron chi connectivity index (χ1n) is 8.04. The number of hydrogen-bond acceptors (Lipinski definition) is 5. The molecule has 0 saturated heterocycles. The Morgan fingerprint density at radius 2 is 1.81 bits per heavy atom. The fourth-order valence-corrected chi connectivity index (χ4v) is 2.82. The molecule has 3 rings (SSSR count). The molecule has 26 heavy (non-hydrogen) atoms. The molecular weight excluding hydrogens is 332 g/mol. The maximum atomic E-state index is 12.9. The molecule has 0 radical (unpaired) electrons. The summed E-state index contributed by atoms with van der Waals surface area (Å²) in [5, 5.41) is 0. The minimum absolute atomic E-state index is 0.130. The van der Waals surface area contributed by atoms with Gasteiger partial charge in [-0.1, -0.05) is 0 Å². The predicted octanol–water partition coefficient (Wildman–Crippen LogP) is 3.87. The Bertz CT molecular complexity index is 963. The molecule has 134 valence electrons. The van der Waals surface area contributed by atoms with Crippen LogP contribution in [0.1, 0.15) is 22.8 Å². The van der Waals surface area contributed by atoms with Gasteiger partial charge >= 0.3 is 0 Å². The highest BCUT2D eigenvalue weighted by atomic mass is 16.5.